The summed E-state index contributed by atoms with van der Waals surface area (Å²) in [6.45, 7) is 2.83. The van der Waals surface area contributed by atoms with E-state index >= 15 is 0 Å². The van der Waals surface area contributed by atoms with E-state index in [1.54, 1.807) is 11.3 Å². The number of hydrogen-bond acceptors (Lipinski definition) is 4. The zero-order valence-electron chi connectivity index (χ0n) is 11.6. The van der Waals surface area contributed by atoms with Crippen LogP contribution in [0.2, 0.25) is 0 Å². The smallest absolute Gasteiger partial charge is 0.308 e. The number of carboxylic acid groups (broad SMARTS) is 1. The van der Waals surface area contributed by atoms with Crippen molar-refractivity contribution in [2.45, 2.75) is 51.6 Å². The van der Waals surface area contributed by atoms with Gasteiger partial charge in [0.1, 0.15) is 0 Å². The summed E-state index contributed by atoms with van der Waals surface area (Å²) >= 11 is 1.66. The monoisotopic (exact) mass is 282 g/mol. The van der Waals surface area contributed by atoms with Gasteiger partial charge in [-0.15, -0.1) is 11.3 Å². The Morgan fingerprint density at radius 2 is 2.21 bits per heavy atom. The van der Waals surface area contributed by atoms with Crippen LogP contribution in [0.3, 0.4) is 0 Å². The van der Waals surface area contributed by atoms with E-state index in [-0.39, 0.29) is 12.0 Å². The Kier molecular flexibility index (Phi) is 4.93. The summed E-state index contributed by atoms with van der Waals surface area (Å²) in [5, 5.41) is 9.43. The molecule has 106 valence electrons. The van der Waals surface area contributed by atoms with Crippen LogP contribution in [-0.4, -0.2) is 34.0 Å². The molecule has 1 aromatic heterocycles. The first kappa shape index (κ1) is 14.5. The average molecular weight is 282 g/mol. The van der Waals surface area contributed by atoms with Crippen LogP contribution in [0, 0.1) is 12.8 Å². The van der Waals surface area contributed by atoms with Crippen LogP contribution in [-0.2, 0) is 11.3 Å². The number of carboxylic acids is 1. The summed E-state index contributed by atoms with van der Waals surface area (Å²) in [5.74, 6) is -0.861. The summed E-state index contributed by atoms with van der Waals surface area (Å²) in [7, 11) is 2.05. The predicted octanol–water partition coefficient (Wildman–Crippen LogP) is 2.92. The molecule has 1 heterocycles. The van der Waals surface area contributed by atoms with Crippen LogP contribution in [0.5, 0.6) is 0 Å². The first-order valence-electron chi connectivity index (χ1n) is 6.91. The van der Waals surface area contributed by atoms with Crippen LogP contribution in [0.4, 0.5) is 0 Å². The fourth-order valence-corrected chi connectivity index (χ4v) is 3.76. The van der Waals surface area contributed by atoms with E-state index in [1.807, 2.05) is 19.5 Å². The normalized spacial score (nSPS) is 24.4. The Morgan fingerprint density at radius 1 is 1.47 bits per heavy atom. The Hall–Kier alpha value is -0.940. The first-order chi connectivity index (χ1) is 9.09. The first-order valence-corrected chi connectivity index (χ1v) is 7.79. The molecule has 4 nitrogen and oxygen atoms in total. The fourth-order valence-electron chi connectivity index (χ4n) is 2.93. The van der Waals surface area contributed by atoms with Gasteiger partial charge in [0, 0.05) is 17.5 Å². The number of aliphatic carboxylic acids is 1. The second-order valence-corrected chi connectivity index (χ2v) is 6.37. The van der Waals surface area contributed by atoms with Crippen LogP contribution >= 0.6 is 11.3 Å². The van der Waals surface area contributed by atoms with Crippen molar-refractivity contribution in [2.75, 3.05) is 7.05 Å². The van der Waals surface area contributed by atoms with Crippen molar-refractivity contribution in [3.63, 3.8) is 0 Å². The molecule has 0 aliphatic heterocycles. The number of thiazole rings is 1. The minimum Gasteiger partial charge on any atom is -0.481 e. The molecule has 1 saturated carbocycles. The Labute approximate surface area is 118 Å². The second-order valence-electron chi connectivity index (χ2n) is 5.43. The third kappa shape index (κ3) is 3.54. The summed E-state index contributed by atoms with van der Waals surface area (Å²) < 4.78 is 0. The lowest BCUT2D eigenvalue weighted by Crippen LogP contribution is -2.40. The van der Waals surface area contributed by atoms with E-state index in [0.717, 1.165) is 44.3 Å². The van der Waals surface area contributed by atoms with E-state index in [9.17, 15) is 9.90 Å². The Morgan fingerprint density at radius 3 is 2.84 bits per heavy atom. The summed E-state index contributed by atoms with van der Waals surface area (Å²) in [6, 6.07) is 0.154. The minimum atomic E-state index is -0.639. The van der Waals surface area contributed by atoms with Gasteiger partial charge in [-0.25, -0.2) is 4.98 Å². The van der Waals surface area contributed by atoms with Gasteiger partial charge >= 0.3 is 5.97 Å². The number of aromatic nitrogens is 1. The zero-order valence-corrected chi connectivity index (χ0v) is 12.4. The number of nitrogens with zero attached hydrogens (tertiary/aromatic N) is 2. The molecule has 0 spiro atoms. The van der Waals surface area contributed by atoms with Gasteiger partial charge in [-0.1, -0.05) is 19.3 Å². The summed E-state index contributed by atoms with van der Waals surface area (Å²) in [5.41, 5.74) is 2.93. The quantitative estimate of drug-likeness (QED) is 0.863. The van der Waals surface area contributed by atoms with E-state index in [1.165, 1.54) is 4.88 Å². The lowest BCUT2D eigenvalue weighted by molar-refractivity contribution is -0.144. The highest BCUT2D eigenvalue weighted by atomic mass is 32.1. The van der Waals surface area contributed by atoms with Gasteiger partial charge in [-0.05, 0) is 26.8 Å². The number of aryl methyl sites for hydroxylation is 1. The third-order valence-electron chi connectivity index (χ3n) is 4.10. The maximum atomic E-state index is 11.5. The maximum Gasteiger partial charge on any atom is 0.308 e. The molecule has 0 aromatic carbocycles. The largest absolute Gasteiger partial charge is 0.481 e. The van der Waals surface area contributed by atoms with Crippen LogP contribution in [0.1, 0.15) is 42.7 Å². The van der Waals surface area contributed by atoms with Crippen molar-refractivity contribution in [1.29, 1.82) is 0 Å². The van der Waals surface area contributed by atoms with Crippen LogP contribution in [0.25, 0.3) is 0 Å². The van der Waals surface area contributed by atoms with E-state index in [0.29, 0.717) is 0 Å². The Balaban J connectivity index is 2.08. The van der Waals surface area contributed by atoms with E-state index in [2.05, 4.69) is 9.88 Å². The molecule has 0 radical (unpaired) electrons. The molecule has 5 heteroatoms. The van der Waals surface area contributed by atoms with Gasteiger partial charge in [-0.2, -0.15) is 0 Å². The average Bonchev–Trinajstić information content (AvgIpc) is 2.66. The van der Waals surface area contributed by atoms with Gasteiger partial charge in [0.25, 0.3) is 0 Å². The minimum absolute atomic E-state index is 0.154. The van der Waals surface area contributed by atoms with Gasteiger partial charge < -0.3 is 5.11 Å². The van der Waals surface area contributed by atoms with Crippen molar-refractivity contribution in [3.8, 4) is 0 Å². The molecular weight excluding hydrogens is 260 g/mol. The van der Waals surface area contributed by atoms with Crippen LogP contribution in [0.15, 0.2) is 5.51 Å². The molecular formula is C14H22N2O2S. The van der Waals surface area contributed by atoms with Crippen molar-refractivity contribution in [2.24, 2.45) is 5.92 Å². The van der Waals surface area contributed by atoms with E-state index in [4.69, 9.17) is 0 Å². The van der Waals surface area contributed by atoms with E-state index < -0.39 is 5.97 Å². The molecule has 1 aliphatic carbocycles. The Bertz CT molecular complexity index is 433. The molecule has 0 bridgehead atoms. The van der Waals surface area contributed by atoms with Crippen molar-refractivity contribution >= 4 is 17.3 Å². The maximum absolute atomic E-state index is 11.5. The van der Waals surface area contributed by atoms with Gasteiger partial charge in [0.15, 0.2) is 0 Å². The highest BCUT2D eigenvalue weighted by molar-refractivity contribution is 7.09. The summed E-state index contributed by atoms with van der Waals surface area (Å²) in [6.07, 6.45) is 5.15. The molecule has 0 saturated heterocycles. The molecule has 2 rings (SSSR count). The molecule has 2 atom stereocenters. The highest BCUT2D eigenvalue weighted by Crippen LogP contribution is 2.28. The van der Waals surface area contributed by atoms with Gasteiger partial charge in [0.05, 0.1) is 17.1 Å². The molecule has 0 amide bonds. The predicted molar refractivity (Wildman–Crippen MR) is 76.3 cm³/mol. The molecule has 2 unspecified atom stereocenters. The lowest BCUT2D eigenvalue weighted by atomic mass is 9.93. The fraction of sp³-hybridized carbons (Fsp3) is 0.714. The molecule has 1 aromatic rings. The molecule has 1 aliphatic rings. The second kappa shape index (κ2) is 6.48. The SMILES string of the molecule is Cc1ncsc1CN(C)C1CCCCCC1C(=O)O. The van der Waals surface area contributed by atoms with Gasteiger partial charge in [0.2, 0.25) is 0 Å². The van der Waals surface area contributed by atoms with Crippen molar-refractivity contribution in [3.05, 3.63) is 16.1 Å². The lowest BCUT2D eigenvalue weighted by Gasteiger charge is -2.31. The highest BCUT2D eigenvalue weighted by Gasteiger charge is 2.32. The molecule has 19 heavy (non-hydrogen) atoms. The topological polar surface area (TPSA) is 53.4 Å². The van der Waals surface area contributed by atoms with Crippen LogP contribution < -0.4 is 0 Å². The number of rotatable bonds is 4. The van der Waals surface area contributed by atoms with Crippen molar-refractivity contribution < 1.29 is 9.90 Å². The molecule has 1 N–H and O–H groups in total. The third-order valence-corrected chi connectivity index (χ3v) is 5.02. The molecule has 1 fully saturated rings. The summed E-state index contributed by atoms with van der Waals surface area (Å²) in [4.78, 5) is 19.2. The standard InChI is InChI=1S/C14H22N2O2S/c1-10-13(19-9-15-10)8-16(2)12-7-5-3-4-6-11(12)14(17)18/h9,11-12H,3-8H2,1-2H3,(H,17,18). The zero-order chi connectivity index (χ0) is 13.8. The van der Waals surface area contributed by atoms with Gasteiger partial charge in [-0.3, -0.25) is 9.69 Å². The number of hydrogen-bond donors (Lipinski definition) is 1. The number of carbonyl (C=O) groups is 1. The van der Waals surface area contributed by atoms with Crippen molar-refractivity contribution in [1.82, 2.24) is 9.88 Å².